The Morgan fingerprint density at radius 1 is 0.851 bits per heavy atom. The topological polar surface area (TPSA) is 137 Å². The van der Waals surface area contributed by atoms with Crippen molar-refractivity contribution in [3.05, 3.63) is 83.9 Å². The summed E-state index contributed by atoms with van der Waals surface area (Å²) in [6.07, 6.45) is 3.91. The van der Waals surface area contributed by atoms with E-state index in [9.17, 15) is 24.6 Å². The van der Waals surface area contributed by atoms with Gasteiger partial charge in [0.1, 0.15) is 6.61 Å². The number of amides is 3. The van der Waals surface area contributed by atoms with Crippen molar-refractivity contribution < 1.29 is 29.3 Å². The molecule has 1 fully saturated rings. The molecular formula is C38H55N3O6. The first-order valence-corrected chi connectivity index (χ1v) is 17.1. The number of nitrogens with one attached hydrogen (secondary N) is 3. The van der Waals surface area contributed by atoms with Crippen molar-refractivity contribution in [1.29, 1.82) is 0 Å². The molecule has 0 saturated heterocycles. The molecule has 0 heterocycles. The molecule has 3 amide bonds. The predicted octanol–water partition coefficient (Wildman–Crippen LogP) is 5.45. The van der Waals surface area contributed by atoms with Gasteiger partial charge in [-0.05, 0) is 42.2 Å². The summed E-state index contributed by atoms with van der Waals surface area (Å²) in [5, 5.41) is 31.3. The number of aliphatic hydroxyl groups is 2. The first kappa shape index (κ1) is 37.8. The number of rotatable bonds is 18. The lowest BCUT2D eigenvalue weighted by Gasteiger charge is -2.32. The maximum absolute atomic E-state index is 13.5. The van der Waals surface area contributed by atoms with Crippen LogP contribution >= 0.6 is 0 Å². The zero-order valence-electron chi connectivity index (χ0n) is 28.3. The number of alkyl carbamates (subject to hydrolysis) is 1. The van der Waals surface area contributed by atoms with Crippen molar-refractivity contribution in [3.63, 3.8) is 0 Å². The van der Waals surface area contributed by atoms with E-state index in [1.807, 2.05) is 74.5 Å². The van der Waals surface area contributed by atoms with E-state index in [1.54, 1.807) is 6.92 Å². The molecule has 5 atom stereocenters. The zero-order valence-corrected chi connectivity index (χ0v) is 28.3. The Balaban J connectivity index is 1.64. The van der Waals surface area contributed by atoms with Gasteiger partial charge in [0.2, 0.25) is 11.8 Å². The Morgan fingerprint density at radius 3 is 2.09 bits per heavy atom. The third-order valence-electron chi connectivity index (χ3n) is 8.87. The second-order valence-corrected chi connectivity index (χ2v) is 13.5. The van der Waals surface area contributed by atoms with Crippen molar-refractivity contribution in [2.45, 2.75) is 109 Å². The molecule has 0 aliphatic heterocycles. The van der Waals surface area contributed by atoms with Crippen LogP contribution in [-0.4, -0.2) is 59.0 Å². The molecule has 3 rings (SSSR count). The lowest BCUT2D eigenvalue weighted by Crippen LogP contribution is -2.49. The Kier molecular flexibility index (Phi) is 16.0. The van der Waals surface area contributed by atoms with Crippen LogP contribution in [0.2, 0.25) is 0 Å². The predicted molar refractivity (Wildman–Crippen MR) is 184 cm³/mol. The van der Waals surface area contributed by atoms with Crippen LogP contribution in [0.15, 0.2) is 72.8 Å². The minimum Gasteiger partial charge on any atom is -0.445 e. The maximum Gasteiger partial charge on any atom is 0.407 e. The minimum atomic E-state index is -1.05. The molecule has 9 nitrogen and oxygen atoms in total. The summed E-state index contributed by atoms with van der Waals surface area (Å²) in [5.41, 5.74) is 2.04. The number of carbonyl (C=O) groups is 3. The van der Waals surface area contributed by atoms with Crippen LogP contribution in [0.1, 0.15) is 83.3 Å². The Labute approximate surface area is 280 Å². The zero-order chi connectivity index (χ0) is 34.2. The number of hydrogen-bond acceptors (Lipinski definition) is 6. The highest BCUT2D eigenvalue weighted by Crippen LogP contribution is 2.29. The quantitative estimate of drug-likeness (QED) is 0.136. The van der Waals surface area contributed by atoms with Gasteiger partial charge >= 0.3 is 6.09 Å². The van der Waals surface area contributed by atoms with Crippen LogP contribution in [0.3, 0.4) is 0 Å². The van der Waals surface area contributed by atoms with Crippen molar-refractivity contribution in [1.82, 2.24) is 16.0 Å². The van der Waals surface area contributed by atoms with Crippen molar-refractivity contribution >= 4 is 17.9 Å². The van der Waals surface area contributed by atoms with Crippen molar-refractivity contribution in [2.75, 3.05) is 6.54 Å². The fraction of sp³-hybridized carbons (Fsp3) is 0.553. The molecule has 0 bridgehead atoms. The number of ether oxygens (including phenoxy) is 1. The largest absolute Gasteiger partial charge is 0.445 e. The van der Waals surface area contributed by atoms with Crippen molar-refractivity contribution in [3.8, 4) is 0 Å². The van der Waals surface area contributed by atoms with Crippen LogP contribution in [0.5, 0.6) is 0 Å². The van der Waals surface area contributed by atoms with Crippen LogP contribution in [0, 0.1) is 17.8 Å². The van der Waals surface area contributed by atoms with Crippen LogP contribution < -0.4 is 16.0 Å². The van der Waals surface area contributed by atoms with E-state index < -0.39 is 36.3 Å². The van der Waals surface area contributed by atoms with Crippen LogP contribution in [0.25, 0.3) is 0 Å². The van der Waals surface area contributed by atoms with Gasteiger partial charge in [0.05, 0.1) is 24.3 Å². The maximum atomic E-state index is 13.5. The normalized spacial score (nSPS) is 16.7. The fourth-order valence-electron chi connectivity index (χ4n) is 6.03. The van der Waals surface area contributed by atoms with Gasteiger partial charge in [0.15, 0.2) is 0 Å². The van der Waals surface area contributed by atoms with Crippen LogP contribution in [-0.2, 0) is 27.4 Å². The first-order chi connectivity index (χ1) is 22.5. The summed E-state index contributed by atoms with van der Waals surface area (Å²) in [5.74, 6) is -0.563. The molecule has 5 N–H and O–H groups in total. The first-order valence-electron chi connectivity index (χ1n) is 17.1. The van der Waals surface area contributed by atoms with Crippen LogP contribution in [0.4, 0.5) is 4.79 Å². The van der Waals surface area contributed by atoms with E-state index in [0.717, 1.165) is 36.8 Å². The summed E-state index contributed by atoms with van der Waals surface area (Å²) < 4.78 is 5.42. The molecule has 2 aromatic carbocycles. The van der Waals surface area contributed by atoms with Gasteiger partial charge in [0, 0.05) is 24.5 Å². The van der Waals surface area contributed by atoms with E-state index in [0.29, 0.717) is 25.3 Å². The van der Waals surface area contributed by atoms with Gasteiger partial charge in [-0.25, -0.2) is 4.79 Å². The molecule has 0 radical (unpaired) electrons. The third-order valence-corrected chi connectivity index (χ3v) is 8.87. The van der Waals surface area contributed by atoms with Gasteiger partial charge in [-0.1, -0.05) is 120 Å². The summed E-state index contributed by atoms with van der Waals surface area (Å²) in [6, 6.07) is 17.6. The molecule has 0 unspecified atom stereocenters. The van der Waals surface area contributed by atoms with Gasteiger partial charge in [-0.3, -0.25) is 9.59 Å². The molecule has 47 heavy (non-hydrogen) atoms. The summed E-state index contributed by atoms with van der Waals surface area (Å²) >= 11 is 0. The monoisotopic (exact) mass is 649 g/mol. The number of aliphatic hydroxyl groups excluding tert-OH is 2. The Hall–Kier alpha value is -3.69. The number of carbonyl (C=O) groups excluding carboxylic acids is 3. The SMILES string of the molecule is C=C(C[C@H](O)[C@H](CC1CCCCC1)NC(=O)[C@@H](C)C[C@H](O)[C@H](Cc1ccccc1)NC(=O)OCc1ccccc1)C(=O)NCC(C)C. The average molecular weight is 650 g/mol. The van der Waals surface area contributed by atoms with Gasteiger partial charge in [-0.2, -0.15) is 0 Å². The molecule has 1 aliphatic rings. The third kappa shape index (κ3) is 13.9. The number of benzene rings is 2. The fourth-order valence-corrected chi connectivity index (χ4v) is 6.03. The van der Waals surface area contributed by atoms with Gasteiger partial charge in [0.25, 0.3) is 0 Å². The standard InChI is InChI=1S/C38H55N3O6/c1-26(2)24-39-36(44)27(3)20-34(42)32(22-29-14-8-5-9-15-29)40-37(45)28(4)21-35(43)33(23-30-16-10-6-11-17-30)41-38(46)47-25-31-18-12-7-13-19-31/h6-7,10-13,16-19,26,28-29,32-35,42-43H,3,5,8-9,14-15,20-25H2,1-2,4H3,(H,39,44)(H,40,45)(H,41,46)/t28-,32-,33-,34-,35-/m0/s1. The molecule has 0 spiro atoms. The second-order valence-electron chi connectivity index (χ2n) is 13.5. The smallest absolute Gasteiger partial charge is 0.407 e. The molecular weight excluding hydrogens is 594 g/mol. The van der Waals surface area contributed by atoms with E-state index in [2.05, 4.69) is 22.5 Å². The molecule has 1 saturated carbocycles. The Morgan fingerprint density at radius 2 is 1.47 bits per heavy atom. The van der Waals surface area contributed by atoms with E-state index >= 15 is 0 Å². The second kappa shape index (κ2) is 19.9. The average Bonchev–Trinajstić information content (AvgIpc) is 3.06. The highest BCUT2D eigenvalue weighted by atomic mass is 16.5. The summed E-state index contributed by atoms with van der Waals surface area (Å²) in [7, 11) is 0. The molecule has 1 aliphatic carbocycles. The lowest BCUT2D eigenvalue weighted by molar-refractivity contribution is -0.127. The summed E-state index contributed by atoms with van der Waals surface area (Å²) in [4.78, 5) is 38.9. The lowest BCUT2D eigenvalue weighted by atomic mass is 9.82. The highest BCUT2D eigenvalue weighted by Gasteiger charge is 2.31. The minimum absolute atomic E-state index is 0.0484. The van der Waals surface area contributed by atoms with E-state index in [1.165, 1.54) is 6.42 Å². The van der Waals surface area contributed by atoms with Gasteiger partial charge < -0.3 is 30.9 Å². The molecule has 0 aromatic heterocycles. The number of hydrogen-bond donors (Lipinski definition) is 5. The van der Waals surface area contributed by atoms with E-state index in [-0.39, 0.29) is 42.8 Å². The van der Waals surface area contributed by atoms with E-state index in [4.69, 9.17) is 4.74 Å². The molecule has 9 heteroatoms. The highest BCUT2D eigenvalue weighted by molar-refractivity contribution is 5.92. The molecule has 258 valence electrons. The summed E-state index contributed by atoms with van der Waals surface area (Å²) in [6.45, 7) is 10.2. The van der Waals surface area contributed by atoms with Crippen molar-refractivity contribution in [2.24, 2.45) is 17.8 Å². The van der Waals surface area contributed by atoms with Gasteiger partial charge in [-0.15, -0.1) is 0 Å². The Bertz CT molecular complexity index is 1250. The molecule has 2 aromatic rings.